The van der Waals surface area contributed by atoms with Crippen LogP contribution in [0.3, 0.4) is 0 Å². The number of hydrogen-bond donors (Lipinski definition) is 4. The molecule has 5 N–H and O–H groups in total. The second-order valence-electron chi connectivity index (χ2n) is 10.0. The lowest BCUT2D eigenvalue weighted by atomic mass is 9.80. The van der Waals surface area contributed by atoms with Crippen molar-refractivity contribution in [1.82, 2.24) is 19.4 Å². The summed E-state index contributed by atoms with van der Waals surface area (Å²) in [4.78, 5) is 33.5. The molecule has 0 aliphatic carbocycles. The van der Waals surface area contributed by atoms with Crippen molar-refractivity contribution in [3.63, 3.8) is 0 Å². The zero-order chi connectivity index (χ0) is 26.7. The van der Waals surface area contributed by atoms with E-state index in [2.05, 4.69) is 5.32 Å². The van der Waals surface area contributed by atoms with Crippen molar-refractivity contribution in [2.75, 3.05) is 38.5 Å². The maximum absolute atomic E-state index is 13.7. The topological polar surface area (TPSA) is 141 Å². The van der Waals surface area contributed by atoms with E-state index in [0.717, 1.165) is 54.0 Å². The van der Waals surface area contributed by atoms with E-state index in [-0.39, 0.29) is 24.8 Å². The normalized spacial score (nSPS) is 15.2. The number of rotatable bonds is 10. The van der Waals surface area contributed by atoms with Crippen LogP contribution in [0.5, 0.6) is 0 Å². The van der Waals surface area contributed by atoms with E-state index in [9.17, 15) is 14.7 Å². The fourth-order valence-corrected chi connectivity index (χ4v) is 5.08. The molecule has 10 heteroatoms. The number of carbonyl (C=O) groups is 2. The molecule has 4 rings (SSSR count). The third-order valence-corrected chi connectivity index (χ3v) is 7.11. The number of aryl methyl sites for hydroxylation is 1. The number of imidazole rings is 1. The molecular formula is C27H35N7O3. The van der Waals surface area contributed by atoms with Gasteiger partial charge in [-0.3, -0.25) is 19.9 Å². The zero-order valence-corrected chi connectivity index (χ0v) is 21.6. The van der Waals surface area contributed by atoms with Gasteiger partial charge in [0.15, 0.2) is 0 Å². The van der Waals surface area contributed by atoms with Crippen LogP contribution in [-0.4, -0.2) is 75.4 Å². The molecule has 196 valence electrons. The molecule has 0 spiro atoms. The third kappa shape index (κ3) is 5.59. The molecule has 1 atom stereocenters. The molecule has 3 aromatic rings. The summed E-state index contributed by atoms with van der Waals surface area (Å²) in [6, 6.07) is 13.3. The largest absolute Gasteiger partial charge is 0.480 e. The van der Waals surface area contributed by atoms with Gasteiger partial charge in [0.05, 0.1) is 29.5 Å². The number of hydrogen-bond acceptors (Lipinski definition) is 6. The first kappa shape index (κ1) is 26.2. The van der Waals surface area contributed by atoms with Crippen molar-refractivity contribution < 1.29 is 14.7 Å². The lowest BCUT2D eigenvalue weighted by molar-refractivity contribution is -0.140. The number of carboxylic acid groups (broad SMARTS) is 1. The second kappa shape index (κ2) is 10.6. The summed E-state index contributed by atoms with van der Waals surface area (Å²) in [6.07, 6.45) is 1.97. The Morgan fingerprint density at radius 2 is 1.86 bits per heavy atom. The van der Waals surface area contributed by atoms with Gasteiger partial charge in [-0.1, -0.05) is 6.07 Å². The van der Waals surface area contributed by atoms with Gasteiger partial charge in [-0.15, -0.1) is 0 Å². The first-order chi connectivity index (χ1) is 17.6. The highest BCUT2D eigenvalue weighted by Gasteiger charge is 2.40. The molecule has 2 aromatic carbocycles. The SMILES string of the molecule is CN(CC(=O)O)CC(C)(C(=O)N1CCCC1)c1ccc2c(c1)nc(CNc1ccc(C(=N)N)cc1)n2C. The lowest BCUT2D eigenvalue weighted by Gasteiger charge is -2.36. The highest BCUT2D eigenvalue weighted by atomic mass is 16.4. The van der Waals surface area contributed by atoms with Crippen LogP contribution in [0.15, 0.2) is 42.5 Å². The summed E-state index contributed by atoms with van der Waals surface area (Å²) in [5.74, 6) is -0.0411. The van der Waals surface area contributed by atoms with Gasteiger partial charge in [0.25, 0.3) is 0 Å². The number of aliphatic carboxylic acids is 1. The second-order valence-corrected chi connectivity index (χ2v) is 10.0. The fourth-order valence-electron chi connectivity index (χ4n) is 5.08. The van der Waals surface area contributed by atoms with Crippen molar-refractivity contribution in [2.45, 2.75) is 31.7 Å². The Bertz CT molecular complexity index is 1310. The van der Waals surface area contributed by atoms with Crippen molar-refractivity contribution >= 4 is 34.4 Å². The van der Waals surface area contributed by atoms with Crippen molar-refractivity contribution in [3.8, 4) is 0 Å². The molecule has 1 aliphatic heterocycles. The van der Waals surface area contributed by atoms with Crippen LogP contribution in [0.4, 0.5) is 5.69 Å². The highest BCUT2D eigenvalue weighted by molar-refractivity contribution is 5.95. The number of likely N-dealkylation sites (tertiary alicyclic amines) is 1. The highest BCUT2D eigenvalue weighted by Crippen LogP contribution is 2.31. The molecular weight excluding hydrogens is 470 g/mol. The Morgan fingerprint density at radius 1 is 1.19 bits per heavy atom. The van der Waals surface area contributed by atoms with Gasteiger partial charge in [0.2, 0.25) is 5.91 Å². The van der Waals surface area contributed by atoms with Crippen LogP contribution in [-0.2, 0) is 28.6 Å². The minimum absolute atomic E-state index is 0.0217. The molecule has 1 aliphatic rings. The van der Waals surface area contributed by atoms with Gasteiger partial charge in [-0.2, -0.15) is 0 Å². The van der Waals surface area contributed by atoms with Gasteiger partial charge in [0.1, 0.15) is 11.7 Å². The quantitative estimate of drug-likeness (QED) is 0.245. The third-order valence-electron chi connectivity index (χ3n) is 7.11. The van der Waals surface area contributed by atoms with Crippen LogP contribution in [0, 0.1) is 5.41 Å². The molecule has 1 saturated heterocycles. The molecule has 1 fully saturated rings. The number of amides is 1. The minimum Gasteiger partial charge on any atom is -0.480 e. The van der Waals surface area contributed by atoms with Crippen LogP contribution < -0.4 is 11.1 Å². The number of benzene rings is 2. The Hall–Kier alpha value is -3.92. The predicted octanol–water partition coefficient (Wildman–Crippen LogP) is 2.37. The molecule has 1 aromatic heterocycles. The zero-order valence-electron chi connectivity index (χ0n) is 21.6. The number of likely N-dealkylation sites (N-methyl/N-ethyl adjacent to an activating group) is 1. The Morgan fingerprint density at radius 3 is 2.49 bits per heavy atom. The molecule has 0 bridgehead atoms. The number of aromatic nitrogens is 2. The molecule has 10 nitrogen and oxygen atoms in total. The molecule has 1 unspecified atom stereocenters. The number of nitrogen functional groups attached to an aromatic ring is 1. The van der Waals surface area contributed by atoms with Gasteiger partial charge in [-0.25, -0.2) is 4.98 Å². The van der Waals surface area contributed by atoms with E-state index in [1.807, 2.05) is 53.8 Å². The number of nitrogens with one attached hydrogen (secondary N) is 2. The van der Waals surface area contributed by atoms with E-state index in [4.69, 9.17) is 16.1 Å². The van der Waals surface area contributed by atoms with Crippen molar-refractivity contribution in [2.24, 2.45) is 12.8 Å². The summed E-state index contributed by atoms with van der Waals surface area (Å²) >= 11 is 0. The van der Waals surface area contributed by atoms with Gasteiger partial charge in [0, 0.05) is 37.9 Å². The number of amidine groups is 1. The van der Waals surface area contributed by atoms with E-state index in [0.29, 0.717) is 12.1 Å². The van der Waals surface area contributed by atoms with Crippen LogP contribution in [0.25, 0.3) is 11.0 Å². The monoisotopic (exact) mass is 505 g/mol. The van der Waals surface area contributed by atoms with E-state index in [1.165, 1.54) is 0 Å². The summed E-state index contributed by atoms with van der Waals surface area (Å²) < 4.78 is 2.02. The predicted molar refractivity (Wildman–Crippen MR) is 144 cm³/mol. The van der Waals surface area contributed by atoms with Crippen LogP contribution in [0.2, 0.25) is 0 Å². The minimum atomic E-state index is -0.924. The molecule has 0 radical (unpaired) electrons. The smallest absolute Gasteiger partial charge is 0.317 e. The Labute approximate surface area is 216 Å². The Balaban J connectivity index is 1.61. The Kier molecular flexibility index (Phi) is 7.49. The number of carboxylic acids is 1. The molecule has 0 saturated carbocycles. The van der Waals surface area contributed by atoms with Crippen molar-refractivity contribution in [3.05, 3.63) is 59.4 Å². The first-order valence-corrected chi connectivity index (χ1v) is 12.4. The number of nitrogens with two attached hydrogens (primary N) is 1. The van der Waals surface area contributed by atoms with Gasteiger partial charge in [-0.05, 0) is 68.8 Å². The van der Waals surface area contributed by atoms with E-state index >= 15 is 0 Å². The molecule has 2 heterocycles. The van der Waals surface area contributed by atoms with Crippen LogP contribution >= 0.6 is 0 Å². The van der Waals surface area contributed by atoms with E-state index < -0.39 is 11.4 Å². The number of fused-ring (bicyclic) bond motifs is 1. The molecule has 1 amide bonds. The summed E-state index contributed by atoms with van der Waals surface area (Å²) in [5, 5.41) is 20.2. The van der Waals surface area contributed by atoms with Crippen LogP contribution in [0.1, 0.15) is 36.7 Å². The van der Waals surface area contributed by atoms with Gasteiger partial charge < -0.3 is 25.6 Å². The number of carbonyl (C=O) groups excluding carboxylic acids is 1. The fraction of sp³-hybridized carbons (Fsp3) is 0.407. The van der Waals surface area contributed by atoms with Gasteiger partial charge >= 0.3 is 5.97 Å². The summed E-state index contributed by atoms with van der Waals surface area (Å²) in [6.45, 7) is 4.00. The van der Waals surface area contributed by atoms with E-state index in [1.54, 1.807) is 24.1 Å². The summed E-state index contributed by atoms with van der Waals surface area (Å²) in [7, 11) is 3.69. The first-order valence-electron chi connectivity index (χ1n) is 12.4. The molecule has 37 heavy (non-hydrogen) atoms. The summed E-state index contributed by atoms with van der Waals surface area (Å²) in [5.41, 5.74) is 8.74. The lowest BCUT2D eigenvalue weighted by Crippen LogP contribution is -2.50. The number of anilines is 1. The average molecular weight is 506 g/mol. The maximum Gasteiger partial charge on any atom is 0.317 e. The maximum atomic E-state index is 13.7. The average Bonchev–Trinajstić information content (AvgIpc) is 3.50. The standard InChI is InChI=1S/C27H35N7O3/c1-27(17-32(2)16-24(35)36,26(37)34-12-4-5-13-34)19-8-11-22-21(14-19)31-23(33(22)3)15-30-20-9-6-18(7-10-20)25(28)29/h6-11,14,30H,4-5,12-13,15-17H2,1-3H3,(H3,28,29)(H,35,36). The number of nitrogens with zero attached hydrogens (tertiary/aromatic N) is 4. The van der Waals surface area contributed by atoms with Crippen molar-refractivity contribution in [1.29, 1.82) is 5.41 Å².